The standard InChI is InChI=1S/C17H23NO2/c1-8-14(9(2)18-16(8)17(19)20)15-12-4-10-3-11(6-12)7-13(15)5-10/h10-13,15,18H,3-7H2,1-2H3,(H,19,20). The van der Waals surface area contributed by atoms with Gasteiger partial charge in [0.2, 0.25) is 0 Å². The molecule has 1 aromatic rings. The van der Waals surface area contributed by atoms with Crippen LogP contribution in [0.1, 0.15) is 65.3 Å². The van der Waals surface area contributed by atoms with Gasteiger partial charge in [-0.05, 0) is 86.7 Å². The average molecular weight is 273 g/mol. The maximum absolute atomic E-state index is 11.3. The fourth-order valence-electron chi connectivity index (χ4n) is 5.87. The number of H-pyrrole nitrogens is 1. The SMILES string of the molecule is Cc1[nH]c(C(=O)O)c(C)c1C1C2CC3CC(C2)CC1C3. The largest absolute Gasteiger partial charge is 0.477 e. The van der Waals surface area contributed by atoms with Crippen molar-refractivity contribution in [2.45, 2.75) is 51.9 Å². The van der Waals surface area contributed by atoms with Gasteiger partial charge in [0.25, 0.3) is 0 Å². The second kappa shape index (κ2) is 4.12. The topological polar surface area (TPSA) is 53.1 Å². The van der Waals surface area contributed by atoms with E-state index in [0.717, 1.165) is 34.9 Å². The molecule has 0 aromatic carbocycles. The van der Waals surface area contributed by atoms with Gasteiger partial charge in [-0.25, -0.2) is 4.79 Å². The average Bonchev–Trinajstić information content (AvgIpc) is 2.65. The van der Waals surface area contributed by atoms with Crippen LogP contribution in [0.4, 0.5) is 0 Å². The van der Waals surface area contributed by atoms with Crippen LogP contribution in [0.2, 0.25) is 0 Å². The highest BCUT2D eigenvalue weighted by Gasteiger charge is 2.49. The number of aromatic nitrogens is 1. The van der Waals surface area contributed by atoms with Crippen LogP contribution in [0.3, 0.4) is 0 Å². The molecular formula is C17H23NO2. The predicted octanol–water partition coefficient (Wildman–Crippen LogP) is 3.87. The van der Waals surface area contributed by atoms with Crippen molar-refractivity contribution in [2.24, 2.45) is 23.7 Å². The van der Waals surface area contributed by atoms with Crippen molar-refractivity contribution in [3.05, 3.63) is 22.5 Å². The smallest absolute Gasteiger partial charge is 0.352 e. The second-order valence-corrected chi connectivity index (χ2v) is 7.43. The first-order chi connectivity index (χ1) is 9.54. The molecule has 0 radical (unpaired) electrons. The molecule has 0 unspecified atom stereocenters. The summed E-state index contributed by atoms with van der Waals surface area (Å²) in [6, 6.07) is 0. The Morgan fingerprint density at radius 2 is 1.60 bits per heavy atom. The number of carbonyl (C=O) groups is 1. The summed E-state index contributed by atoms with van der Waals surface area (Å²) in [6.45, 7) is 4.05. The molecule has 4 saturated carbocycles. The van der Waals surface area contributed by atoms with Crippen LogP contribution in [0.15, 0.2) is 0 Å². The summed E-state index contributed by atoms with van der Waals surface area (Å²) in [7, 11) is 0. The zero-order valence-electron chi connectivity index (χ0n) is 12.3. The Kier molecular flexibility index (Phi) is 2.57. The van der Waals surface area contributed by atoms with Crippen molar-refractivity contribution >= 4 is 5.97 Å². The zero-order chi connectivity index (χ0) is 14.0. The van der Waals surface area contributed by atoms with Gasteiger partial charge in [-0.1, -0.05) is 0 Å². The fraction of sp³-hybridized carbons (Fsp3) is 0.706. The molecule has 4 fully saturated rings. The molecule has 1 aromatic heterocycles. The highest BCUT2D eigenvalue weighted by Crippen LogP contribution is 2.60. The lowest BCUT2D eigenvalue weighted by molar-refractivity contribution is -0.00314. The van der Waals surface area contributed by atoms with Crippen LogP contribution in [0.25, 0.3) is 0 Å². The van der Waals surface area contributed by atoms with Gasteiger partial charge in [-0.3, -0.25) is 0 Å². The maximum Gasteiger partial charge on any atom is 0.352 e. The molecule has 2 N–H and O–H groups in total. The lowest BCUT2D eigenvalue weighted by atomic mass is 9.50. The first-order valence-corrected chi connectivity index (χ1v) is 7.97. The molecule has 0 saturated heterocycles. The van der Waals surface area contributed by atoms with E-state index < -0.39 is 5.97 Å². The Hall–Kier alpha value is -1.25. The number of carboxylic acid groups (broad SMARTS) is 1. The van der Waals surface area contributed by atoms with E-state index in [0.29, 0.717) is 11.6 Å². The first-order valence-electron chi connectivity index (χ1n) is 7.97. The van der Waals surface area contributed by atoms with E-state index in [1.165, 1.54) is 37.7 Å². The summed E-state index contributed by atoms with van der Waals surface area (Å²) in [6.07, 6.45) is 6.98. The van der Waals surface area contributed by atoms with Crippen molar-refractivity contribution in [1.29, 1.82) is 0 Å². The highest BCUT2D eigenvalue weighted by molar-refractivity contribution is 5.88. The number of aryl methyl sites for hydroxylation is 1. The molecule has 108 valence electrons. The predicted molar refractivity (Wildman–Crippen MR) is 77.0 cm³/mol. The summed E-state index contributed by atoms with van der Waals surface area (Å²) < 4.78 is 0. The van der Waals surface area contributed by atoms with E-state index >= 15 is 0 Å². The van der Waals surface area contributed by atoms with Gasteiger partial charge in [0.05, 0.1) is 0 Å². The third-order valence-electron chi connectivity index (χ3n) is 6.27. The summed E-state index contributed by atoms with van der Waals surface area (Å²) >= 11 is 0. The van der Waals surface area contributed by atoms with Gasteiger partial charge in [-0.15, -0.1) is 0 Å². The molecule has 4 aliphatic carbocycles. The molecule has 0 amide bonds. The van der Waals surface area contributed by atoms with Crippen molar-refractivity contribution in [3.8, 4) is 0 Å². The molecule has 4 aliphatic rings. The number of hydrogen-bond acceptors (Lipinski definition) is 1. The van der Waals surface area contributed by atoms with Crippen molar-refractivity contribution in [2.75, 3.05) is 0 Å². The molecular weight excluding hydrogens is 250 g/mol. The molecule has 3 heteroatoms. The molecule has 0 spiro atoms. The van der Waals surface area contributed by atoms with E-state index in [-0.39, 0.29) is 0 Å². The Bertz CT molecular complexity index is 544. The van der Waals surface area contributed by atoms with Gasteiger partial charge < -0.3 is 10.1 Å². The number of aromatic carboxylic acids is 1. The van der Waals surface area contributed by atoms with Gasteiger partial charge in [-0.2, -0.15) is 0 Å². The fourth-order valence-corrected chi connectivity index (χ4v) is 5.87. The van der Waals surface area contributed by atoms with Crippen LogP contribution in [0, 0.1) is 37.5 Å². The Morgan fingerprint density at radius 3 is 2.05 bits per heavy atom. The zero-order valence-corrected chi connectivity index (χ0v) is 12.3. The van der Waals surface area contributed by atoms with Crippen molar-refractivity contribution in [1.82, 2.24) is 4.98 Å². The summed E-state index contributed by atoms with van der Waals surface area (Å²) in [5.74, 6) is 3.34. The van der Waals surface area contributed by atoms with E-state index in [2.05, 4.69) is 11.9 Å². The number of aromatic amines is 1. The lowest BCUT2D eigenvalue weighted by Crippen LogP contribution is -2.44. The molecule has 3 nitrogen and oxygen atoms in total. The molecule has 0 aliphatic heterocycles. The Balaban J connectivity index is 1.76. The first kappa shape index (κ1) is 12.5. The molecule has 5 rings (SSSR count). The van der Waals surface area contributed by atoms with Crippen molar-refractivity contribution < 1.29 is 9.90 Å². The third-order valence-corrected chi connectivity index (χ3v) is 6.27. The van der Waals surface area contributed by atoms with E-state index in [1.807, 2.05) is 6.92 Å². The lowest BCUT2D eigenvalue weighted by Gasteiger charge is -2.54. The normalized spacial score (nSPS) is 38.4. The maximum atomic E-state index is 11.3. The molecule has 4 bridgehead atoms. The van der Waals surface area contributed by atoms with Crippen LogP contribution < -0.4 is 0 Å². The van der Waals surface area contributed by atoms with E-state index in [1.54, 1.807) is 0 Å². The van der Waals surface area contributed by atoms with Gasteiger partial charge in [0, 0.05) is 5.69 Å². The van der Waals surface area contributed by atoms with Crippen LogP contribution in [-0.4, -0.2) is 16.1 Å². The minimum absolute atomic E-state index is 0.409. The quantitative estimate of drug-likeness (QED) is 0.859. The number of rotatable bonds is 2. The Labute approximate surface area is 119 Å². The van der Waals surface area contributed by atoms with Gasteiger partial charge >= 0.3 is 5.97 Å². The summed E-state index contributed by atoms with van der Waals surface area (Å²) in [4.78, 5) is 14.5. The molecule has 20 heavy (non-hydrogen) atoms. The number of nitrogens with one attached hydrogen (secondary N) is 1. The summed E-state index contributed by atoms with van der Waals surface area (Å²) in [5.41, 5.74) is 3.84. The van der Waals surface area contributed by atoms with Gasteiger partial charge in [0.15, 0.2) is 0 Å². The minimum atomic E-state index is -0.819. The third kappa shape index (κ3) is 1.61. The van der Waals surface area contributed by atoms with Crippen LogP contribution >= 0.6 is 0 Å². The Morgan fingerprint density at radius 1 is 1.05 bits per heavy atom. The van der Waals surface area contributed by atoms with E-state index in [4.69, 9.17) is 0 Å². The van der Waals surface area contributed by atoms with Gasteiger partial charge in [0.1, 0.15) is 5.69 Å². The summed E-state index contributed by atoms with van der Waals surface area (Å²) in [5, 5.41) is 9.32. The van der Waals surface area contributed by atoms with Crippen molar-refractivity contribution in [3.63, 3.8) is 0 Å². The van der Waals surface area contributed by atoms with Crippen LogP contribution in [-0.2, 0) is 0 Å². The molecule has 0 atom stereocenters. The highest BCUT2D eigenvalue weighted by atomic mass is 16.4. The second-order valence-electron chi connectivity index (χ2n) is 7.43. The minimum Gasteiger partial charge on any atom is -0.477 e. The monoisotopic (exact) mass is 273 g/mol. The number of carboxylic acids is 1. The number of hydrogen-bond donors (Lipinski definition) is 2. The van der Waals surface area contributed by atoms with Crippen LogP contribution in [0.5, 0.6) is 0 Å². The molecule has 1 heterocycles. The van der Waals surface area contributed by atoms with E-state index in [9.17, 15) is 9.90 Å².